The Morgan fingerprint density at radius 1 is 0.933 bits per heavy atom. The number of rotatable bonds is 2. The van der Waals surface area contributed by atoms with Gasteiger partial charge in [0.15, 0.2) is 0 Å². The molecule has 2 nitrogen and oxygen atoms in total. The quantitative estimate of drug-likeness (QED) is 0.739. The average molecular weight is 204 g/mol. The van der Waals surface area contributed by atoms with Gasteiger partial charge in [0.25, 0.3) is 0 Å². The summed E-state index contributed by atoms with van der Waals surface area (Å²) in [5.41, 5.74) is 4.93. The second-order valence-electron chi connectivity index (χ2n) is 4.63. The molecule has 82 valence electrons. The van der Waals surface area contributed by atoms with Crippen molar-refractivity contribution < 1.29 is 0 Å². The van der Waals surface area contributed by atoms with Gasteiger partial charge in [-0.05, 0) is 19.3 Å². The molecule has 0 aromatic carbocycles. The van der Waals surface area contributed by atoms with Crippen LogP contribution in [0.5, 0.6) is 0 Å². The van der Waals surface area contributed by atoms with Crippen molar-refractivity contribution in [1.82, 2.24) is 9.97 Å². The topological polar surface area (TPSA) is 25.8 Å². The van der Waals surface area contributed by atoms with E-state index >= 15 is 0 Å². The summed E-state index contributed by atoms with van der Waals surface area (Å²) in [7, 11) is 0. The van der Waals surface area contributed by atoms with Crippen LogP contribution in [0, 0.1) is 0 Å². The van der Waals surface area contributed by atoms with Gasteiger partial charge in [0.05, 0.1) is 22.8 Å². The molecule has 0 saturated heterocycles. The zero-order chi connectivity index (χ0) is 11.0. The van der Waals surface area contributed by atoms with Crippen molar-refractivity contribution in [2.75, 3.05) is 0 Å². The fourth-order valence-corrected chi connectivity index (χ4v) is 2.58. The van der Waals surface area contributed by atoms with Gasteiger partial charge in [-0.25, -0.2) is 0 Å². The molecule has 1 heterocycles. The van der Waals surface area contributed by atoms with Crippen molar-refractivity contribution in [3.63, 3.8) is 0 Å². The smallest absolute Gasteiger partial charge is 0.0653 e. The molecule has 0 amide bonds. The maximum Gasteiger partial charge on any atom is 0.0653 e. The van der Waals surface area contributed by atoms with Crippen molar-refractivity contribution in [2.24, 2.45) is 0 Å². The Kier molecular flexibility index (Phi) is 2.76. The van der Waals surface area contributed by atoms with E-state index in [-0.39, 0.29) is 0 Å². The van der Waals surface area contributed by atoms with Crippen LogP contribution in [0.4, 0.5) is 0 Å². The molecule has 0 radical (unpaired) electrons. The Labute approximate surface area is 92.1 Å². The predicted molar refractivity (Wildman–Crippen MR) is 62.2 cm³/mol. The molecule has 0 N–H and O–H groups in total. The van der Waals surface area contributed by atoms with Crippen LogP contribution in [0.25, 0.3) is 0 Å². The average Bonchev–Trinajstić information content (AvgIpc) is 2.52. The Bertz CT molecular complexity index is 336. The third-order valence-electron chi connectivity index (χ3n) is 3.42. The predicted octanol–water partition coefficient (Wildman–Crippen LogP) is 3.21. The normalized spacial score (nSPS) is 24.3. The van der Waals surface area contributed by atoms with Crippen LogP contribution in [0.2, 0.25) is 0 Å². The van der Waals surface area contributed by atoms with Gasteiger partial charge >= 0.3 is 0 Å². The van der Waals surface area contributed by atoms with Crippen LogP contribution in [0.1, 0.15) is 68.7 Å². The maximum atomic E-state index is 4.81. The monoisotopic (exact) mass is 204 g/mol. The first-order valence-corrected chi connectivity index (χ1v) is 6.06. The molecule has 1 aliphatic carbocycles. The summed E-state index contributed by atoms with van der Waals surface area (Å²) in [5.74, 6) is 1.19. The number of fused-ring (bicyclic) bond motifs is 1. The molecule has 2 unspecified atom stereocenters. The van der Waals surface area contributed by atoms with E-state index < -0.39 is 0 Å². The van der Waals surface area contributed by atoms with Crippen LogP contribution in [-0.4, -0.2) is 9.97 Å². The summed E-state index contributed by atoms with van der Waals surface area (Å²) >= 11 is 0. The van der Waals surface area contributed by atoms with Crippen molar-refractivity contribution in [3.05, 3.63) is 22.8 Å². The summed E-state index contributed by atoms with van der Waals surface area (Å²) < 4.78 is 0. The molecule has 2 atom stereocenters. The van der Waals surface area contributed by atoms with E-state index in [1.165, 1.54) is 29.2 Å². The first-order chi connectivity index (χ1) is 7.17. The molecule has 0 aliphatic heterocycles. The molecule has 2 rings (SSSR count). The second-order valence-corrected chi connectivity index (χ2v) is 4.63. The van der Waals surface area contributed by atoms with Gasteiger partial charge in [0.2, 0.25) is 0 Å². The van der Waals surface area contributed by atoms with Gasteiger partial charge in [-0.3, -0.25) is 9.97 Å². The van der Waals surface area contributed by atoms with E-state index in [1.54, 1.807) is 0 Å². The molecule has 0 saturated carbocycles. The van der Waals surface area contributed by atoms with E-state index in [9.17, 15) is 0 Å². The molecule has 2 heteroatoms. The largest absolute Gasteiger partial charge is 0.254 e. The first-order valence-electron chi connectivity index (χ1n) is 6.06. The van der Waals surface area contributed by atoms with Crippen LogP contribution in [-0.2, 0) is 12.8 Å². The van der Waals surface area contributed by atoms with E-state index in [0.717, 1.165) is 12.8 Å². The molecule has 1 aromatic heterocycles. The standard InChI is InChI=1S/C13H20N2/c1-5-10-11(6-2)15-13-9(4)7-8(3)12(13)14-10/h8-9H,5-7H2,1-4H3. The van der Waals surface area contributed by atoms with Gasteiger partial charge in [0.1, 0.15) is 0 Å². The molecule has 0 spiro atoms. The SMILES string of the molecule is CCc1nc2c(nc1CC)C(C)CC2C. The Morgan fingerprint density at radius 3 is 1.67 bits per heavy atom. The maximum absolute atomic E-state index is 4.81. The first kappa shape index (κ1) is 10.6. The van der Waals surface area contributed by atoms with E-state index in [4.69, 9.17) is 9.97 Å². The highest BCUT2D eigenvalue weighted by molar-refractivity contribution is 5.30. The highest BCUT2D eigenvalue weighted by Crippen LogP contribution is 2.39. The Morgan fingerprint density at radius 2 is 1.33 bits per heavy atom. The zero-order valence-electron chi connectivity index (χ0n) is 10.2. The summed E-state index contributed by atoms with van der Waals surface area (Å²) in [6, 6.07) is 0. The number of aromatic nitrogens is 2. The van der Waals surface area contributed by atoms with Crippen LogP contribution in [0.3, 0.4) is 0 Å². The third-order valence-corrected chi connectivity index (χ3v) is 3.42. The minimum atomic E-state index is 0.596. The molecule has 1 aromatic rings. The van der Waals surface area contributed by atoms with Crippen molar-refractivity contribution in [2.45, 2.75) is 58.8 Å². The minimum Gasteiger partial charge on any atom is -0.254 e. The lowest BCUT2D eigenvalue weighted by atomic mass is 10.1. The van der Waals surface area contributed by atoms with Gasteiger partial charge in [0, 0.05) is 11.8 Å². The van der Waals surface area contributed by atoms with E-state index in [0.29, 0.717) is 11.8 Å². The molecular formula is C13H20N2. The van der Waals surface area contributed by atoms with Gasteiger partial charge in [-0.15, -0.1) is 0 Å². The Hall–Kier alpha value is -0.920. The second kappa shape index (κ2) is 3.92. The molecule has 0 bridgehead atoms. The third kappa shape index (κ3) is 1.66. The van der Waals surface area contributed by atoms with E-state index in [1.807, 2.05) is 0 Å². The lowest BCUT2D eigenvalue weighted by molar-refractivity contribution is 0.650. The Balaban J connectivity index is 2.53. The number of nitrogens with zero attached hydrogens (tertiary/aromatic N) is 2. The zero-order valence-corrected chi connectivity index (χ0v) is 10.2. The summed E-state index contributed by atoms with van der Waals surface area (Å²) in [6.45, 7) is 8.86. The lowest BCUT2D eigenvalue weighted by Gasteiger charge is -2.10. The van der Waals surface area contributed by atoms with Gasteiger partial charge < -0.3 is 0 Å². The van der Waals surface area contributed by atoms with Crippen LogP contribution < -0.4 is 0 Å². The van der Waals surface area contributed by atoms with E-state index in [2.05, 4.69) is 27.7 Å². The number of aryl methyl sites for hydroxylation is 2. The summed E-state index contributed by atoms with van der Waals surface area (Å²) in [6.07, 6.45) is 3.22. The molecule has 0 fully saturated rings. The van der Waals surface area contributed by atoms with Gasteiger partial charge in [-0.1, -0.05) is 27.7 Å². The number of hydrogen-bond acceptors (Lipinski definition) is 2. The fraction of sp³-hybridized carbons (Fsp3) is 0.692. The van der Waals surface area contributed by atoms with Crippen molar-refractivity contribution in [3.8, 4) is 0 Å². The fourth-order valence-electron chi connectivity index (χ4n) is 2.58. The molecule has 1 aliphatic rings. The van der Waals surface area contributed by atoms with Crippen LogP contribution in [0.15, 0.2) is 0 Å². The van der Waals surface area contributed by atoms with Crippen molar-refractivity contribution >= 4 is 0 Å². The highest BCUT2D eigenvalue weighted by Gasteiger charge is 2.29. The summed E-state index contributed by atoms with van der Waals surface area (Å²) in [5, 5.41) is 0. The molecular weight excluding hydrogens is 184 g/mol. The molecule has 15 heavy (non-hydrogen) atoms. The minimum absolute atomic E-state index is 0.596. The lowest BCUT2D eigenvalue weighted by Crippen LogP contribution is -2.06. The number of hydrogen-bond donors (Lipinski definition) is 0. The highest BCUT2D eigenvalue weighted by atomic mass is 14.9. The van der Waals surface area contributed by atoms with Crippen LogP contribution >= 0.6 is 0 Å². The van der Waals surface area contributed by atoms with Crippen molar-refractivity contribution in [1.29, 1.82) is 0 Å². The van der Waals surface area contributed by atoms with Gasteiger partial charge in [-0.2, -0.15) is 0 Å². The summed E-state index contributed by atoms with van der Waals surface area (Å²) in [4.78, 5) is 9.62.